The summed E-state index contributed by atoms with van der Waals surface area (Å²) in [5.41, 5.74) is 9.07. The largest absolute Gasteiger partial charge is 0.383 e. The lowest BCUT2D eigenvalue weighted by molar-refractivity contribution is -0.115. The number of carbonyl (C=O) groups excluding carboxylic acids is 1. The van der Waals surface area contributed by atoms with Gasteiger partial charge >= 0.3 is 0 Å². The predicted octanol–water partition coefficient (Wildman–Crippen LogP) is 5.97. The zero-order valence-corrected chi connectivity index (χ0v) is 20.8. The number of thiophene rings is 1. The van der Waals surface area contributed by atoms with E-state index < -0.39 is 0 Å². The molecule has 1 amide bonds. The van der Waals surface area contributed by atoms with Gasteiger partial charge in [0.1, 0.15) is 10.6 Å². The van der Waals surface area contributed by atoms with Gasteiger partial charge in [-0.15, -0.1) is 11.3 Å². The molecule has 0 saturated carbocycles. The smallest absolute Gasteiger partial charge is 0.242 e. The van der Waals surface area contributed by atoms with Crippen LogP contribution in [0.4, 0.5) is 17.2 Å². The quantitative estimate of drug-likeness (QED) is 0.265. The minimum Gasteiger partial charge on any atom is -0.383 e. The third kappa shape index (κ3) is 4.41. The monoisotopic (exact) mass is 490 g/mol. The highest BCUT2D eigenvalue weighted by atomic mass is 32.2. The van der Waals surface area contributed by atoms with Gasteiger partial charge in [-0.2, -0.15) is 0 Å². The van der Waals surface area contributed by atoms with Crippen LogP contribution in [0.3, 0.4) is 0 Å². The minimum atomic E-state index is -0.189. The second kappa shape index (κ2) is 9.37. The van der Waals surface area contributed by atoms with Gasteiger partial charge in [-0.05, 0) is 43.2 Å². The first-order valence-electron chi connectivity index (χ1n) is 11.2. The van der Waals surface area contributed by atoms with Crippen LogP contribution in [0.2, 0.25) is 0 Å². The van der Waals surface area contributed by atoms with Crippen LogP contribution in [-0.4, -0.2) is 27.2 Å². The third-order valence-corrected chi connectivity index (χ3v) is 8.13. The molecular formula is C26H26N4O2S2. The van der Waals surface area contributed by atoms with Crippen LogP contribution in [0.25, 0.3) is 10.2 Å². The molecule has 4 aromatic rings. The van der Waals surface area contributed by atoms with Crippen molar-refractivity contribution in [3.63, 3.8) is 0 Å². The molecule has 0 aliphatic carbocycles. The maximum Gasteiger partial charge on any atom is 0.242 e. The van der Waals surface area contributed by atoms with Crippen molar-refractivity contribution in [2.45, 2.75) is 44.1 Å². The van der Waals surface area contributed by atoms with E-state index in [1.807, 2.05) is 60.7 Å². The van der Waals surface area contributed by atoms with Crippen LogP contribution in [-0.2, 0) is 22.6 Å². The Morgan fingerprint density at radius 1 is 1.12 bits per heavy atom. The Kier molecular flexibility index (Phi) is 6.29. The molecule has 3 heterocycles. The molecule has 1 atom stereocenters. The number of para-hydroxylation sites is 2. The number of aromatic nitrogens is 2. The van der Waals surface area contributed by atoms with Crippen molar-refractivity contribution in [3.8, 4) is 0 Å². The van der Waals surface area contributed by atoms with Gasteiger partial charge in [0.25, 0.3) is 0 Å². The predicted molar refractivity (Wildman–Crippen MR) is 140 cm³/mol. The summed E-state index contributed by atoms with van der Waals surface area (Å²) in [6.07, 6.45) is 1.74. The second-order valence-corrected chi connectivity index (χ2v) is 10.6. The number of amides is 1. The van der Waals surface area contributed by atoms with Gasteiger partial charge in [0, 0.05) is 22.7 Å². The van der Waals surface area contributed by atoms with Gasteiger partial charge in [-0.1, -0.05) is 55.1 Å². The Hall–Kier alpha value is -2.94. The number of hydrogen-bond donors (Lipinski definition) is 1. The topological polar surface area (TPSA) is 81.3 Å². The summed E-state index contributed by atoms with van der Waals surface area (Å²) in [4.78, 5) is 26.4. The third-order valence-electron chi connectivity index (χ3n) is 6.19. The van der Waals surface area contributed by atoms with E-state index in [1.165, 1.54) is 22.2 Å². The van der Waals surface area contributed by atoms with Crippen molar-refractivity contribution >= 4 is 56.4 Å². The van der Waals surface area contributed by atoms with E-state index in [4.69, 9.17) is 15.5 Å². The van der Waals surface area contributed by atoms with Gasteiger partial charge in [-0.3, -0.25) is 9.69 Å². The zero-order valence-electron chi connectivity index (χ0n) is 19.2. The van der Waals surface area contributed by atoms with Crippen LogP contribution in [0.5, 0.6) is 0 Å². The van der Waals surface area contributed by atoms with E-state index in [-0.39, 0.29) is 17.3 Å². The van der Waals surface area contributed by atoms with E-state index in [2.05, 4.69) is 18.8 Å². The molecule has 0 bridgehead atoms. The van der Waals surface area contributed by atoms with Crippen molar-refractivity contribution in [2.24, 2.45) is 0 Å². The fourth-order valence-corrected chi connectivity index (χ4v) is 6.02. The highest BCUT2D eigenvalue weighted by molar-refractivity contribution is 7.99. The van der Waals surface area contributed by atoms with Crippen molar-refractivity contribution in [2.75, 3.05) is 16.4 Å². The molecular weight excluding hydrogens is 464 g/mol. The number of benzene rings is 2. The number of hydrogen-bond acceptors (Lipinski definition) is 7. The highest BCUT2D eigenvalue weighted by Crippen LogP contribution is 2.41. The molecule has 0 fully saturated rings. The maximum absolute atomic E-state index is 13.3. The first-order valence-corrected chi connectivity index (χ1v) is 13.1. The second-order valence-electron chi connectivity index (χ2n) is 8.53. The number of carbonyl (C=O) groups is 1. The number of nitrogens with two attached hydrogens (primary N) is 1. The molecule has 0 saturated heterocycles. The lowest BCUT2D eigenvalue weighted by atomic mass is 9.90. The lowest BCUT2D eigenvalue weighted by Crippen LogP contribution is -2.33. The van der Waals surface area contributed by atoms with Crippen molar-refractivity contribution in [1.29, 1.82) is 0 Å². The van der Waals surface area contributed by atoms with E-state index in [0.29, 0.717) is 17.6 Å². The molecule has 6 nitrogen and oxygen atoms in total. The molecule has 174 valence electrons. The van der Waals surface area contributed by atoms with Crippen LogP contribution in [0, 0.1) is 0 Å². The fourth-order valence-electron chi connectivity index (χ4n) is 4.15. The van der Waals surface area contributed by atoms with Crippen LogP contribution in [0.15, 0.2) is 65.8 Å². The summed E-state index contributed by atoms with van der Waals surface area (Å²) in [6.45, 7) is 4.85. The molecule has 1 unspecified atom stereocenters. The number of thioether (sulfide) groups is 1. The van der Waals surface area contributed by atoms with Gasteiger partial charge in [0.15, 0.2) is 5.16 Å². The standard InChI is InChI=1S/C26H26N4O2S2/c1-3-26(2)14-19-20(15-32-26)34-24-22(19)23(27)28-25(29-24)33-16-21(31)30(17-10-6-4-7-11-17)18-12-8-5-9-13-18/h4-13H,3,14-16H2,1-2H3,(H2,27,28,29). The first-order chi connectivity index (χ1) is 16.5. The van der Waals surface area contributed by atoms with Crippen LogP contribution < -0.4 is 10.6 Å². The normalized spacial score (nSPS) is 17.5. The minimum absolute atomic E-state index is 0.0535. The number of rotatable bonds is 6. The van der Waals surface area contributed by atoms with Gasteiger partial charge < -0.3 is 10.5 Å². The Morgan fingerprint density at radius 3 is 2.38 bits per heavy atom. The molecule has 0 spiro atoms. The number of anilines is 3. The molecule has 2 aromatic carbocycles. The van der Waals surface area contributed by atoms with Crippen LogP contribution in [0.1, 0.15) is 30.7 Å². The summed E-state index contributed by atoms with van der Waals surface area (Å²) in [5, 5.41) is 1.45. The fraction of sp³-hybridized carbons (Fsp3) is 0.269. The number of nitrogen functional groups attached to an aromatic ring is 1. The van der Waals surface area contributed by atoms with E-state index in [1.54, 1.807) is 16.2 Å². The van der Waals surface area contributed by atoms with Crippen molar-refractivity contribution in [1.82, 2.24) is 9.97 Å². The van der Waals surface area contributed by atoms with Gasteiger partial charge in [0.05, 0.1) is 23.3 Å². The highest BCUT2D eigenvalue weighted by Gasteiger charge is 2.33. The average Bonchev–Trinajstić information content (AvgIpc) is 3.22. The Bertz CT molecular complexity index is 1290. The van der Waals surface area contributed by atoms with Crippen molar-refractivity contribution in [3.05, 3.63) is 71.1 Å². The van der Waals surface area contributed by atoms with E-state index in [9.17, 15) is 4.79 Å². The molecule has 2 N–H and O–H groups in total. The summed E-state index contributed by atoms with van der Waals surface area (Å²) >= 11 is 2.92. The summed E-state index contributed by atoms with van der Waals surface area (Å²) in [5.74, 6) is 0.611. The molecule has 1 aliphatic rings. The Morgan fingerprint density at radius 2 is 1.76 bits per heavy atom. The number of ether oxygens (including phenoxy) is 1. The molecule has 2 aromatic heterocycles. The average molecular weight is 491 g/mol. The summed E-state index contributed by atoms with van der Waals surface area (Å²) in [7, 11) is 0. The molecule has 8 heteroatoms. The lowest BCUT2D eigenvalue weighted by Gasteiger charge is -2.33. The summed E-state index contributed by atoms with van der Waals surface area (Å²) in [6, 6.07) is 19.3. The SMILES string of the molecule is CCC1(C)Cc2c(sc3nc(SCC(=O)N(c4ccccc4)c4ccccc4)nc(N)c23)CO1. The summed E-state index contributed by atoms with van der Waals surface area (Å²) < 4.78 is 6.10. The number of nitrogens with zero attached hydrogens (tertiary/aromatic N) is 3. The molecule has 34 heavy (non-hydrogen) atoms. The first kappa shape index (κ1) is 22.8. The Balaban J connectivity index is 1.40. The molecule has 5 rings (SSSR count). The van der Waals surface area contributed by atoms with E-state index >= 15 is 0 Å². The Labute approximate surface area is 207 Å². The van der Waals surface area contributed by atoms with Gasteiger partial charge in [-0.25, -0.2) is 9.97 Å². The maximum atomic E-state index is 13.3. The van der Waals surface area contributed by atoms with E-state index in [0.717, 1.165) is 34.4 Å². The van der Waals surface area contributed by atoms with Crippen molar-refractivity contribution < 1.29 is 9.53 Å². The van der Waals surface area contributed by atoms with Gasteiger partial charge in [0.2, 0.25) is 5.91 Å². The molecule has 0 radical (unpaired) electrons. The van der Waals surface area contributed by atoms with Crippen LogP contribution >= 0.6 is 23.1 Å². The number of fused-ring (bicyclic) bond motifs is 3. The zero-order chi connectivity index (χ0) is 23.7. The molecule has 1 aliphatic heterocycles.